The van der Waals surface area contributed by atoms with Gasteiger partial charge in [-0.2, -0.15) is 12.6 Å². The summed E-state index contributed by atoms with van der Waals surface area (Å²) in [6, 6.07) is 16.0. The SMILES string of the molecule is CC(=Cc1ccc(SCC(C)S)cc1)c1ccc2c(c1)C(C)(C)CCC2(C)C. The van der Waals surface area contributed by atoms with Gasteiger partial charge in [0.05, 0.1) is 0 Å². The Morgan fingerprint density at radius 3 is 2.21 bits per heavy atom. The van der Waals surface area contributed by atoms with E-state index in [1.807, 2.05) is 11.8 Å². The summed E-state index contributed by atoms with van der Waals surface area (Å²) in [5.74, 6) is 1.04. The van der Waals surface area contributed by atoms with Crippen LogP contribution >= 0.6 is 24.4 Å². The van der Waals surface area contributed by atoms with Crippen LogP contribution in [0.3, 0.4) is 0 Å². The number of fused-ring (bicyclic) bond motifs is 1. The molecule has 0 nitrogen and oxygen atoms in total. The van der Waals surface area contributed by atoms with Crippen LogP contribution in [0.15, 0.2) is 47.4 Å². The summed E-state index contributed by atoms with van der Waals surface area (Å²) in [7, 11) is 0. The number of allylic oxidation sites excluding steroid dienone is 1. The first kappa shape index (κ1) is 21.6. The van der Waals surface area contributed by atoms with Crippen LogP contribution in [0.4, 0.5) is 0 Å². The van der Waals surface area contributed by atoms with Crippen LogP contribution in [-0.2, 0) is 10.8 Å². The molecule has 150 valence electrons. The predicted octanol–water partition coefficient (Wildman–Crippen LogP) is 8.01. The number of hydrogen-bond acceptors (Lipinski definition) is 2. The molecular weight excluding hydrogens is 376 g/mol. The number of thiol groups is 1. The Balaban J connectivity index is 1.86. The van der Waals surface area contributed by atoms with Crippen LogP contribution < -0.4 is 0 Å². The van der Waals surface area contributed by atoms with Crippen LogP contribution in [0.1, 0.15) is 76.6 Å². The number of hydrogen-bond donors (Lipinski definition) is 1. The Hall–Kier alpha value is -1.12. The lowest BCUT2D eigenvalue weighted by atomic mass is 9.63. The topological polar surface area (TPSA) is 0 Å². The Bertz CT molecular complexity index is 855. The van der Waals surface area contributed by atoms with Crippen molar-refractivity contribution in [2.24, 2.45) is 0 Å². The van der Waals surface area contributed by atoms with E-state index >= 15 is 0 Å². The minimum Gasteiger partial charge on any atom is -0.175 e. The second-order valence-electron chi connectivity index (χ2n) is 9.58. The Morgan fingerprint density at radius 2 is 1.61 bits per heavy atom. The third-order valence-electron chi connectivity index (χ3n) is 6.06. The lowest BCUT2D eigenvalue weighted by molar-refractivity contribution is 0.332. The molecule has 1 atom stereocenters. The van der Waals surface area contributed by atoms with Crippen molar-refractivity contribution in [2.45, 2.75) is 75.4 Å². The number of benzene rings is 2. The maximum Gasteiger partial charge on any atom is 0.00943 e. The van der Waals surface area contributed by atoms with Crippen molar-refractivity contribution in [1.82, 2.24) is 0 Å². The minimum absolute atomic E-state index is 0.254. The normalized spacial score (nSPS) is 19.2. The molecule has 2 aromatic rings. The van der Waals surface area contributed by atoms with E-state index in [2.05, 4.69) is 103 Å². The van der Waals surface area contributed by atoms with Gasteiger partial charge in [0.15, 0.2) is 0 Å². The maximum absolute atomic E-state index is 4.46. The Labute approximate surface area is 181 Å². The van der Waals surface area contributed by atoms with Crippen LogP contribution in [-0.4, -0.2) is 11.0 Å². The highest BCUT2D eigenvalue weighted by molar-refractivity contribution is 8.00. The molecule has 0 fully saturated rings. The zero-order chi connectivity index (χ0) is 20.5. The quantitative estimate of drug-likeness (QED) is 0.296. The first-order chi connectivity index (χ1) is 13.1. The summed E-state index contributed by atoms with van der Waals surface area (Å²) in [6.45, 7) is 13.9. The molecular formula is C26H34S2. The fraction of sp³-hybridized carbons (Fsp3) is 0.462. The Morgan fingerprint density at radius 1 is 1.00 bits per heavy atom. The standard InChI is InChI=1S/C26H34S2/c1-18(15-20-7-10-22(11-8-20)28-17-19(2)27)21-9-12-23-24(16-21)26(5,6)14-13-25(23,3)4/h7-12,15-16,19,27H,13-14,17H2,1-6H3. The van der Waals surface area contributed by atoms with Crippen molar-refractivity contribution < 1.29 is 0 Å². The Kier molecular flexibility index (Phi) is 6.41. The van der Waals surface area contributed by atoms with Crippen molar-refractivity contribution in [3.63, 3.8) is 0 Å². The number of thioether (sulfide) groups is 1. The van der Waals surface area contributed by atoms with Gasteiger partial charge in [0.1, 0.15) is 0 Å². The van der Waals surface area contributed by atoms with Crippen LogP contribution in [0.5, 0.6) is 0 Å². The fourth-order valence-electron chi connectivity index (χ4n) is 4.04. The van der Waals surface area contributed by atoms with Gasteiger partial charge < -0.3 is 0 Å². The molecule has 0 saturated heterocycles. The second kappa shape index (κ2) is 8.32. The van der Waals surface area contributed by atoms with Gasteiger partial charge in [-0.1, -0.05) is 71.0 Å². The van der Waals surface area contributed by atoms with Gasteiger partial charge >= 0.3 is 0 Å². The third-order valence-corrected chi connectivity index (χ3v) is 7.76. The molecule has 3 rings (SSSR count). The van der Waals surface area contributed by atoms with E-state index in [9.17, 15) is 0 Å². The van der Waals surface area contributed by atoms with E-state index in [1.165, 1.54) is 45.6 Å². The van der Waals surface area contributed by atoms with Gasteiger partial charge in [-0.15, -0.1) is 11.8 Å². The van der Waals surface area contributed by atoms with Gasteiger partial charge in [0, 0.05) is 15.9 Å². The molecule has 0 amide bonds. The summed E-state index contributed by atoms with van der Waals surface area (Å²) in [6.07, 6.45) is 4.82. The van der Waals surface area contributed by atoms with E-state index in [0.717, 1.165) is 5.75 Å². The average Bonchev–Trinajstić information content (AvgIpc) is 2.64. The van der Waals surface area contributed by atoms with Crippen LogP contribution in [0.25, 0.3) is 11.6 Å². The highest BCUT2D eigenvalue weighted by Crippen LogP contribution is 2.46. The smallest absolute Gasteiger partial charge is 0.00943 e. The van der Waals surface area contributed by atoms with E-state index < -0.39 is 0 Å². The molecule has 28 heavy (non-hydrogen) atoms. The van der Waals surface area contributed by atoms with E-state index in [4.69, 9.17) is 0 Å². The fourth-order valence-corrected chi connectivity index (χ4v) is 5.03. The molecule has 0 aromatic heterocycles. The monoisotopic (exact) mass is 410 g/mol. The van der Waals surface area contributed by atoms with Crippen molar-refractivity contribution >= 4 is 36.0 Å². The van der Waals surface area contributed by atoms with E-state index in [0.29, 0.717) is 5.25 Å². The van der Waals surface area contributed by atoms with Gasteiger partial charge in [-0.05, 0) is 70.6 Å². The van der Waals surface area contributed by atoms with Crippen molar-refractivity contribution in [3.05, 3.63) is 64.7 Å². The lowest BCUT2D eigenvalue weighted by Crippen LogP contribution is -2.33. The summed E-state index contributed by atoms with van der Waals surface area (Å²) < 4.78 is 0. The molecule has 2 aromatic carbocycles. The molecule has 0 radical (unpaired) electrons. The maximum atomic E-state index is 4.46. The van der Waals surface area contributed by atoms with Gasteiger partial charge in [-0.25, -0.2) is 0 Å². The first-order valence-corrected chi connectivity index (χ1v) is 11.8. The van der Waals surface area contributed by atoms with E-state index in [-0.39, 0.29) is 10.8 Å². The molecule has 1 unspecified atom stereocenters. The highest BCUT2D eigenvalue weighted by atomic mass is 32.2. The third kappa shape index (κ3) is 4.89. The highest BCUT2D eigenvalue weighted by Gasteiger charge is 2.36. The summed E-state index contributed by atoms with van der Waals surface area (Å²) in [5, 5.41) is 0.421. The zero-order valence-corrected chi connectivity index (χ0v) is 19.9. The second-order valence-corrected chi connectivity index (χ2v) is 11.6. The zero-order valence-electron chi connectivity index (χ0n) is 18.2. The number of rotatable bonds is 5. The van der Waals surface area contributed by atoms with Gasteiger partial charge in [0.2, 0.25) is 0 Å². The average molecular weight is 411 g/mol. The first-order valence-electron chi connectivity index (χ1n) is 10.3. The lowest BCUT2D eigenvalue weighted by Gasteiger charge is -2.42. The molecule has 0 bridgehead atoms. The van der Waals surface area contributed by atoms with Crippen LogP contribution in [0.2, 0.25) is 0 Å². The molecule has 1 aliphatic rings. The molecule has 0 spiro atoms. The van der Waals surface area contributed by atoms with Gasteiger partial charge in [0.25, 0.3) is 0 Å². The molecule has 1 aliphatic carbocycles. The van der Waals surface area contributed by atoms with E-state index in [1.54, 1.807) is 0 Å². The molecule has 2 heteroatoms. The minimum atomic E-state index is 0.254. The van der Waals surface area contributed by atoms with Gasteiger partial charge in [-0.3, -0.25) is 0 Å². The summed E-state index contributed by atoms with van der Waals surface area (Å²) >= 11 is 6.33. The van der Waals surface area contributed by atoms with Crippen LogP contribution in [0, 0.1) is 0 Å². The predicted molar refractivity (Wildman–Crippen MR) is 131 cm³/mol. The van der Waals surface area contributed by atoms with Crippen molar-refractivity contribution in [2.75, 3.05) is 5.75 Å². The molecule has 0 saturated carbocycles. The molecule has 0 heterocycles. The molecule has 0 N–H and O–H groups in total. The largest absolute Gasteiger partial charge is 0.175 e. The molecule has 0 aliphatic heterocycles. The van der Waals surface area contributed by atoms with Crippen molar-refractivity contribution in [3.8, 4) is 0 Å². The van der Waals surface area contributed by atoms with Crippen molar-refractivity contribution in [1.29, 1.82) is 0 Å². The summed E-state index contributed by atoms with van der Waals surface area (Å²) in [4.78, 5) is 1.31. The summed E-state index contributed by atoms with van der Waals surface area (Å²) in [5.41, 5.74) is 7.52.